The van der Waals surface area contributed by atoms with Crippen LogP contribution in [-0.4, -0.2) is 40.1 Å². The molecule has 0 saturated heterocycles. The Balaban J connectivity index is 1.91. The van der Waals surface area contributed by atoms with Gasteiger partial charge in [-0.1, -0.05) is 0 Å². The van der Waals surface area contributed by atoms with E-state index in [0.717, 1.165) is 6.26 Å². The Hall–Kier alpha value is -3.07. The van der Waals surface area contributed by atoms with Gasteiger partial charge in [0.2, 0.25) is 21.8 Å². The third-order valence-electron chi connectivity index (χ3n) is 4.01. The first-order valence-electron chi connectivity index (χ1n) is 8.98. The Bertz CT molecular complexity index is 941. The van der Waals surface area contributed by atoms with Gasteiger partial charge in [-0.15, -0.1) is 0 Å². The van der Waals surface area contributed by atoms with Crippen molar-refractivity contribution in [2.45, 2.75) is 19.8 Å². The van der Waals surface area contributed by atoms with E-state index >= 15 is 0 Å². The van der Waals surface area contributed by atoms with Crippen molar-refractivity contribution in [2.24, 2.45) is 0 Å². The molecule has 2 N–H and O–H groups in total. The molecule has 0 aliphatic rings. The molecule has 0 fully saturated rings. The van der Waals surface area contributed by atoms with Crippen LogP contribution in [-0.2, 0) is 19.6 Å². The minimum Gasteiger partial charge on any atom is -0.497 e. The van der Waals surface area contributed by atoms with E-state index < -0.39 is 10.0 Å². The molecule has 9 heteroatoms. The van der Waals surface area contributed by atoms with Gasteiger partial charge in [0, 0.05) is 31.3 Å². The summed E-state index contributed by atoms with van der Waals surface area (Å²) in [7, 11) is -1.95. The maximum absolute atomic E-state index is 12.2. The van der Waals surface area contributed by atoms with Gasteiger partial charge >= 0.3 is 0 Å². The van der Waals surface area contributed by atoms with Gasteiger partial charge in [0.25, 0.3) is 0 Å². The molecule has 2 amide bonds. The molecule has 0 bridgehead atoms. The highest BCUT2D eigenvalue weighted by molar-refractivity contribution is 7.92. The first kappa shape index (κ1) is 22.2. The zero-order valence-corrected chi connectivity index (χ0v) is 17.5. The van der Waals surface area contributed by atoms with E-state index in [1.807, 2.05) is 0 Å². The van der Waals surface area contributed by atoms with Gasteiger partial charge in [0.15, 0.2) is 0 Å². The normalized spacial score (nSPS) is 10.9. The molecule has 8 nitrogen and oxygen atoms in total. The first-order chi connectivity index (χ1) is 13.7. The fourth-order valence-corrected chi connectivity index (χ4v) is 3.65. The number of sulfonamides is 1. The summed E-state index contributed by atoms with van der Waals surface area (Å²) >= 11 is 0. The van der Waals surface area contributed by atoms with Gasteiger partial charge in [-0.3, -0.25) is 13.9 Å². The highest BCUT2D eigenvalue weighted by Gasteiger charge is 2.17. The van der Waals surface area contributed by atoms with Crippen LogP contribution in [0.25, 0.3) is 0 Å². The van der Waals surface area contributed by atoms with Crippen molar-refractivity contribution in [1.29, 1.82) is 0 Å². The lowest BCUT2D eigenvalue weighted by atomic mass is 10.2. The van der Waals surface area contributed by atoms with Crippen molar-refractivity contribution in [1.82, 2.24) is 0 Å². The van der Waals surface area contributed by atoms with Crippen molar-refractivity contribution < 1.29 is 22.7 Å². The number of ether oxygens (including phenoxy) is 1. The quantitative estimate of drug-likeness (QED) is 0.650. The minimum atomic E-state index is -3.48. The van der Waals surface area contributed by atoms with Crippen LogP contribution in [0, 0.1) is 0 Å². The molecular weight excluding hydrogens is 394 g/mol. The van der Waals surface area contributed by atoms with Crippen LogP contribution in [0.4, 0.5) is 17.1 Å². The molecular formula is C20H25N3O5S. The van der Waals surface area contributed by atoms with E-state index in [9.17, 15) is 18.0 Å². The number of hydrogen-bond donors (Lipinski definition) is 2. The summed E-state index contributed by atoms with van der Waals surface area (Å²) in [4.78, 5) is 23.2. The molecule has 0 aromatic heterocycles. The molecule has 0 aliphatic carbocycles. The predicted molar refractivity (Wildman–Crippen MR) is 114 cm³/mol. The molecule has 2 aromatic rings. The van der Waals surface area contributed by atoms with Gasteiger partial charge < -0.3 is 15.4 Å². The van der Waals surface area contributed by atoms with Crippen LogP contribution in [0.5, 0.6) is 5.75 Å². The number of nitrogens with one attached hydrogen (secondary N) is 2. The summed E-state index contributed by atoms with van der Waals surface area (Å²) in [5, 5.41) is 5.40. The highest BCUT2D eigenvalue weighted by Crippen LogP contribution is 2.22. The number of carbonyl (C=O) groups excluding carboxylic acids is 2. The Labute approximate surface area is 170 Å². The number of benzene rings is 2. The molecule has 0 heterocycles. The lowest BCUT2D eigenvalue weighted by Crippen LogP contribution is -2.31. The van der Waals surface area contributed by atoms with E-state index in [4.69, 9.17) is 4.74 Å². The van der Waals surface area contributed by atoms with Crippen molar-refractivity contribution in [3.8, 4) is 5.75 Å². The molecule has 156 valence electrons. The second-order valence-corrected chi connectivity index (χ2v) is 8.35. The number of hydrogen-bond acceptors (Lipinski definition) is 5. The maximum atomic E-state index is 12.2. The molecule has 0 radical (unpaired) electrons. The summed E-state index contributed by atoms with van der Waals surface area (Å²) in [6, 6.07) is 13.4. The Morgan fingerprint density at radius 1 is 0.966 bits per heavy atom. The maximum Gasteiger partial charge on any atom is 0.232 e. The van der Waals surface area contributed by atoms with Gasteiger partial charge in [-0.2, -0.15) is 0 Å². The van der Waals surface area contributed by atoms with Gasteiger partial charge in [0.1, 0.15) is 5.75 Å². The van der Waals surface area contributed by atoms with E-state index in [2.05, 4.69) is 10.6 Å². The van der Waals surface area contributed by atoms with Gasteiger partial charge in [0.05, 0.1) is 19.1 Å². The Morgan fingerprint density at radius 3 is 2.00 bits per heavy atom. The average Bonchev–Trinajstić information content (AvgIpc) is 2.65. The van der Waals surface area contributed by atoms with Crippen LogP contribution in [0.2, 0.25) is 0 Å². The molecule has 0 aliphatic heterocycles. The average molecular weight is 420 g/mol. The van der Waals surface area contributed by atoms with E-state index in [-0.39, 0.29) is 24.8 Å². The van der Waals surface area contributed by atoms with Gasteiger partial charge in [-0.25, -0.2) is 8.42 Å². The minimum absolute atomic E-state index is 0.162. The van der Waals surface area contributed by atoms with Crippen molar-refractivity contribution >= 4 is 38.9 Å². The third kappa shape index (κ3) is 7.11. The molecule has 29 heavy (non-hydrogen) atoms. The fraction of sp³-hybridized carbons (Fsp3) is 0.300. The summed E-state index contributed by atoms with van der Waals surface area (Å²) in [5.41, 5.74) is 1.75. The van der Waals surface area contributed by atoms with Crippen molar-refractivity contribution in [2.75, 3.05) is 34.8 Å². The third-order valence-corrected chi connectivity index (χ3v) is 5.21. The summed E-state index contributed by atoms with van der Waals surface area (Å²) in [6.07, 6.45) is 1.65. The van der Waals surface area contributed by atoms with Crippen LogP contribution < -0.4 is 19.7 Å². The number of amides is 2. The Kier molecular flexibility index (Phi) is 7.60. The zero-order valence-electron chi connectivity index (χ0n) is 16.6. The van der Waals surface area contributed by atoms with Crippen molar-refractivity contribution in [3.05, 3.63) is 48.5 Å². The molecule has 0 atom stereocenters. The SMILES string of the molecule is COc1ccc(N(CCCC(=O)Nc2ccc(NC(C)=O)cc2)S(C)(=O)=O)cc1. The molecule has 0 unspecified atom stereocenters. The zero-order chi connectivity index (χ0) is 21.4. The van der Waals surface area contributed by atoms with E-state index in [0.29, 0.717) is 29.2 Å². The van der Waals surface area contributed by atoms with Crippen LogP contribution in [0.1, 0.15) is 19.8 Å². The fourth-order valence-electron chi connectivity index (χ4n) is 2.68. The van der Waals surface area contributed by atoms with E-state index in [1.54, 1.807) is 48.5 Å². The molecule has 0 spiro atoms. The number of carbonyl (C=O) groups is 2. The first-order valence-corrected chi connectivity index (χ1v) is 10.8. The molecule has 2 rings (SSSR count). The second-order valence-electron chi connectivity index (χ2n) is 6.44. The number of nitrogens with zero attached hydrogens (tertiary/aromatic N) is 1. The second kappa shape index (κ2) is 9.92. The molecule has 2 aromatic carbocycles. The predicted octanol–water partition coefficient (Wildman–Crippen LogP) is 2.84. The van der Waals surface area contributed by atoms with Gasteiger partial charge in [-0.05, 0) is 55.0 Å². The van der Waals surface area contributed by atoms with Crippen LogP contribution >= 0.6 is 0 Å². The van der Waals surface area contributed by atoms with Crippen LogP contribution in [0.15, 0.2) is 48.5 Å². The van der Waals surface area contributed by atoms with Crippen molar-refractivity contribution in [3.63, 3.8) is 0 Å². The number of rotatable bonds is 9. The lowest BCUT2D eigenvalue weighted by molar-refractivity contribution is -0.116. The smallest absolute Gasteiger partial charge is 0.232 e. The lowest BCUT2D eigenvalue weighted by Gasteiger charge is -2.22. The summed E-state index contributed by atoms with van der Waals surface area (Å²) in [5.74, 6) is 0.237. The highest BCUT2D eigenvalue weighted by atomic mass is 32.2. The van der Waals surface area contributed by atoms with E-state index in [1.165, 1.54) is 18.3 Å². The summed E-state index contributed by atoms with van der Waals surface area (Å²) in [6.45, 7) is 1.60. The number of anilines is 3. The topological polar surface area (TPSA) is 105 Å². The summed E-state index contributed by atoms with van der Waals surface area (Å²) < 4.78 is 30.6. The monoisotopic (exact) mass is 419 g/mol. The standard InChI is InChI=1S/C20H25N3O5S/c1-15(24)21-16-6-8-17(9-7-16)22-20(25)5-4-14-23(29(3,26)27)18-10-12-19(28-2)13-11-18/h6-13H,4-5,14H2,1-3H3,(H,21,24)(H,22,25). The largest absolute Gasteiger partial charge is 0.497 e. The number of methoxy groups -OCH3 is 1. The molecule has 0 saturated carbocycles. The van der Waals surface area contributed by atoms with Crippen LogP contribution in [0.3, 0.4) is 0 Å². The Morgan fingerprint density at radius 2 is 1.52 bits per heavy atom.